The first-order valence-corrected chi connectivity index (χ1v) is 3.80. The molecule has 0 fully saturated rings. The standard InChI is InChI=1S/C9H12N2O/c10-6-8(11)9(12)7-4-2-1-3-5-7/h1-5,8H,6,10-11H2/t8-/m0/s1. The minimum Gasteiger partial charge on any atom is -0.328 e. The van der Waals surface area contributed by atoms with Crippen LogP contribution in [-0.2, 0) is 0 Å². The molecule has 3 heteroatoms. The highest BCUT2D eigenvalue weighted by Gasteiger charge is 2.12. The maximum atomic E-state index is 11.4. The van der Waals surface area contributed by atoms with Gasteiger partial charge in [0.15, 0.2) is 5.78 Å². The molecule has 64 valence electrons. The van der Waals surface area contributed by atoms with Crippen LogP contribution in [0.5, 0.6) is 0 Å². The summed E-state index contributed by atoms with van der Waals surface area (Å²) in [7, 11) is 0. The minimum absolute atomic E-state index is 0.0990. The third-order valence-electron chi connectivity index (χ3n) is 1.65. The van der Waals surface area contributed by atoms with Gasteiger partial charge in [-0.1, -0.05) is 30.3 Å². The van der Waals surface area contributed by atoms with Crippen LogP contribution in [0.4, 0.5) is 0 Å². The number of ketones is 1. The fraction of sp³-hybridized carbons (Fsp3) is 0.222. The number of hydrogen-bond acceptors (Lipinski definition) is 3. The molecule has 0 amide bonds. The summed E-state index contributed by atoms with van der Waals surface area (Å²) < 4.78 is 0. The Morgan fingerprint density at radius 1 is 1.33 bits per heavy atom. The Bertz CT molecular complexity index is 258. The number of carbonyl (C=O) groups excluding carboxylic acids is 1. The van der Waals surface area contributed by atoms with Crippen molar-refractivity contribution in [3.8, 4) is 0 Å². The maximum absolute atomic E-state index is 11.4. The van der Waals surface area contributed by atoms with Crippen molar-refractivity contribution in [2.45, 2.75) is 6.04 Å². The Kier molecular flexibility index (Phi) is 2.96. The van der Waals surface area contributed by atoms with Crippen molar-refractivity contribution in [3.63, 3.8) is 0 Å². The van der Waals surface area contributed by atoms with Crippen molar-refractivity contribution in [2.24, 2.45) is 11.5 Å². The zero-order chi connectivity index (χ0) is 8.97. The van der Waals surface area contributed by atoms with Crippen LogP contribution in [0.1, 0.15) is 10.4 Å². The van der Waals surface area contributed by atoms with Gasteiger partial charge in [-0.05, 0) is 0 Å². The zero-order valence-electron chi connectivity index (χ0n) is 6.73. The van der Waals surface area contributed by atoms with E-state index in [0.29, 0.717) is 5.56 Å². The van der Waals surface area contributed by atoms with E-state index in [-0.39, 0.29) is 12.3 Å². The smallest absolute Gasteiger partial charge is 0.180 e. The Balaban J connectivity index is 2.79. The molecule has 3 nitrogen and oxygen atoms in total. The molecule has 4 N–H and O–H groups in total. The summed E-state index contributed by atoms with van der Waals surface area (Å²) in [5.74, 6) is -0.0990. The molecular formula is C9H12N2O. The molecule has 0 aliphatic carbocycles. The molecule has 0 heterocycles. The Labute approximate surface area is 71.4 Å². The lowest BCUT2D eigenvalue weighted by Gasteiger charge is -2.06. The topological polar surface area (TPSA) is 69.1 Å². The molecule has 0 saturated heterocycles. The third kappa shape index (κ3) is 1.90. The van der Waals surface area contributed by atoms with E-state index in [2.05, 4.69) is 0 Å². The van der Waals surface area contributed by atoms with Crippen LogP contribution in [0.3, 0.4) is 0 Å². The molecule has 0 bridgehead atoms. The number of benzene rings is 1. The predicted molar refractivity (Wildman–Crippen MR) is 47.8 cm³/mol. The van der Waals surface area contributed by atoms with Crippen LogP contribution in [0, 0.1) is 0 Å². The van der Waals surface area contributed by atoms with E-state index in [9.17, 15) is 4.79 Å². The predicted octanol–water partition coefficient (Wildman–Crippen LogP) is 0.155. The Morgan fingerprint density at radius 2 is 1.92 bits per heavy atom. The summed E-state index contributed by atoms with van der Waals surface area (Å²) in [4.78, 5) is 11.4. The number of Topliss-reactive ketones (excluding diaryl/α,β-unsaturated/α-hetero) is 1. The Hall–Kier alpha value is -1.19. The summed E-state index contributed by atoms with van der Waals surface area (Å²) in [6.07, 6.45) is 0. The molecule has 1 aromatic rings. The molecular weight excluding hydrogens is 152 g/mol. The first kappa shape index (κ1) is 8.90. The van der Waals surface area contributed by atoms with Crippen molar-refractivity contribution in [1.29, 1.82) is 0 Å². The summed E-state index contributed by atoms with van der Waals surface area (Å²) in [5, 5.41) is 0. The van der Waals surface area contributed by atoms with Crippen molar-refractivity contribution >= 4 is 5.78 Å². The van der Waals surface area contributed by atoms with Crippen LogP contribution in [0.2, 0.25) is 0 Å². The van der Waals surface area contributed by atoms with Gasteiger partial charge in [0.1, 0.15) is 0 Å². The van der Waals surface area contributed by atoms with Gasteiger partial charge >= 0.3 is 0 Å². The highest BCUT2D eigenvalue weighted by atomic mass is 16.1. The van der Waals surface area contributed by atoms with Crippen LogP contribution in [-0.4, -0.2) is 18.4 Å². The van der Waals surface area contributed by atoms with Gasteiger partial charge in [-0.2, -0.15) is 0 Å². The molecule has 0 spiro atoms. The first-order valence-electron chi connectivity index (χ1n) is 3.80. The number of carbonyl (C=O) groups is 1. The quantitative estimate of drug-likeness (QED) is 0.625. The van der Waals surface area contributed by atoms with Gasteiger partial charge in [0.2, 0.25) is 0 Å². The van der Waals surface area contributed by atoms with E-state index < -0.39 is 6.04 Å². The van der Waals surface area contributed by atoms with E-state index >= 15 is 0 Å². The van der Waals surface area contributed by atoms with Gasteiger partial charge < -0.3 is 11.5 Å². The second-order valence-corrected chi connectivity index (χ2v) is 2.57. The summed E-state index contributed by atoms with van der Waals surface area (Å²) >= 11 is 0. The lowest BCUT2D eigenvalue weighted by atomic mass is 10.1. The summed E-state index contributed by atoms with van der Waals surface area (Å²) in [6.45, 7) is 0.188. The second kappa shape index (κ2) is 3.99. The molecule has 1 atom stereocenters. The SMILES string of the molecule is NC[C@H](N)C(=O)c1ccccc1. The molecule has 0 aliphatic heterocycles. The van der Waals surface area contributed by atoms with E-state index in [4.69, 9.17) is 11.5 Å². The fourth-order valence-electron chi connectivity index (χ4n) is 0.924. The molecule has 0 unspecified atom stereocenters. The molecule has 12 heavy (non-hydrogen) atoms. The average molecular weight is 164 g/mol. The molecule has 1 rings (SSSR count). The van der Waals surface area contributed by atoms with Gasteiger partial charge in [-0.25, -0.2) is 0 Å². The lowest BCUT2D eigenvalue weighted by Crippen LogP contribution is -2.37. The van der Waals surface area contributed by atoms with Gasteiger partial charge in [-0.15, -0.1) is 0 Å². The van der Waals surface area contributed by atoms with Gasteiger partial charge in [0.25, 0.3) is 0 Å². The monoisotopic (exact) mass is 164 g/mol. The maximum Gasteiger partial charge on any atom is 0.180 e. The number of nitrogens with two attached hydrogens (primary N) is 2. The second-order valence-electron chi connectivity index (χ2n) is 2.57. The molecule has 1 aromatic carbocycles. The van der Waals surface area contributed by atoms with Crippen molar-refractivity contribution in [2.75, 3.05) is 6.54 Å². The van der Waals surface area contributed by atoms with Gasteiger partial charge in [-0.3, -0.25) is 4.79 Å². The zero-order valence-corrected chi connectivity index (χ0v) is 6.73. The molecule has 0 aliphatic rings. The van der Waals surface area contributed by atoms with Crippen molar-refractivity contribution in [3.05, 3.63) is 35.9 Å². The number of rotatable bonds is 3. The first-order chi connectivity index (χ1) is 5.75. The van der Waals surface area contributed by atoms with Crippen LogP contribution < -0.4 is 11.5 Å². The third-order valence-corrected chi connectivity index (χ3v) is 1.65. The highest BCUT2D eigenvalue weighted by molar-refractivity contribution is 6.00. The fourth-order valence-corrected chi connectivity index (χ4v) is 0.924. The highest BCUT2D eigenvalue weighted by Crippen LogP contribution is 2.01. The molecule has 0 aromatic heterocycles. The normalized spacial score (nSPS) is 12.5. The molecule has 0 radical (unpaired) electrons. The summed E-state index contributed by atoms with van der Waals surface area (Å²) in [6, 6.07) is 8.35. The molecule has 0 saturated carbocycles. The number of hydrogen-bond donors (Lipinski definition) is 2. The Morgan fingerprint density at radius 3 is 2.42 bits per heavy atom. The summed E-state index contributed by atoms with van der Waals surface area (Å²) in [5.41, 5.74) is 11.4. The van der Waals surface area contributed by atoms with E-state index in [1.165, 1.54) is 0 Å². The van der Waals surface area contributed by atoms with Crippen LogP contribution in [0.15, 0.2) is 30.3 Å². The van der Waals surface area contributed by atoms with Crippen LogP contribution >= 0.6 is 0 Å². The van der Waals surface area contributed by atoms with Gasteiger partial charge in [0.05, 0.1) is 6.04 Å². The average Bonchev–Trinajstić information content (AvgIpc) is 2.17. The van der Waals surface area contributed by atoms with Crippen molar-refractivity contribution < 1.29 is 4.79 Å². The largest absolute Gasteiger partial charge is 0.328 e. The van der Waals surface area contributed by atoms with E-state index in [1.54, 1.807) is 24.3 Å². The minimum atomic E-state index is -0.576. The van der Waals surface area contributed by atoms with E-state index in [1.807, 2.05) is 6.07 Å². The lowest BCUT2D eigenvalue weighted by molar-refractivity contribution is 0.0964. The van der Waals surface area contributed by atoms with Gasteiger partial charge in [0, 0.05) is 12.1 Å². The van der Waals surface area contributed by atoms with E-state index in [0.717, 1.165) is 0 Å². The van der Waals surface area contributed by atoms with Crippen molar-refractivity contribution in [1.82, 2.24) is 0 Å². The van der Waals surface area contributed by atoms with Crippen LogP contribution in [0.25, 0.3) is 0 Å².